The number of carboxylic acid groups (broad SMARTS) is 1. The molecule has 1 aliphatic heterocycles. The molecular weight excluding hydrogens is 308 g/mol. The van der Waals surface area contributed by atoms with Crippen LogP contribution in [0.3, 0.4) is 0 Å². The maximum atomic E-state index is 11.8. The number of nitrogens with zero attached hydrogens (tertiary/aromatic N) is 1. The molecule has 0 amide bonds. The molecule has 2 N–H and O–H groups in total. The van der Waals surface area contributed by atoms with Gasteiger partial charge in [0.05, 0.1) is 30.9 Å². The minimum atomic E-state index is -0.894. The van der Waals surface area contributed by atoms with Gasteiger partial charge in [0, 0.05) is 16.6 Å². The van der Waals surface area contributed by atoms with E-state index in [-0.39, 0.29) is 12.1 Å². The highest BCUT2D eigenvalue weighted by molar-refractivity contribution is 6.05. The molecule has 1 aliphatic rings. The Kier molecular flexibility index (Phi) is 4.89. The van der Waals surface area contributed by atoms with Crippen molar-refractivity contribution in [2.75, 3.05) is 20.3 Å². The van der Waals surface area contributed by atoms with Gasteiger partial charge in [-0.3, -0.25) is 0 Å². The summed E-state index contributed by atoms with van der Waals surface area (Å²) in [5.74, 6) is -0.894. The van der Waals surface area contributed by atoms with Crippen LogP contribution in [0.25, 0.3) is 10.9 Å². The van der Waals surface area contributed by atoms with E-state index in [1.165, 1.54) is 0 Å². The van der Waals surface area contributed by atoms with E-state index in [0.717, 1.165) is 16.6 Å². The van der Waals surface area contributed by atoms with Gasteiger partial charge in [-0.1, -0.05) is 25.1 Å². The normalized spacial score (nSPS) is 22.6. The van der Waals surface area contributed by atoms with Gasteiger partial charge in [-0.2, -0.15) is 0 Å². The van der Waals surface area contributed by atoms with Gasteiger partial charge in [-0.05, 0) is 26.5 Å². The lowest BCUT2D eigenvalue weighted by atomic mass is 10.1. The monoisotopic (exact) mass is 332 g/mol. The van der Waals surface area contributed by atoms with Crippen LogP contribution in [0, 0.1) is 0 Å². The number of ether oxygens (including phenoxy) is 2. The van der Waals surface area contributed by atoms with E-state index in [9.17, 15) is 9.90 Å². The van der Waals surface area contributed by atoms with E-state index in [4.69, 9.17) is 9.47 Å². The first kappa shape index (κ1) is 17.0. The minimum Gasteiger partial charge on any atom is -0.478 e. The highest BCUT2D eigenvalue weighted by atomic mass is 16.7. The number of rotatable bonds is 5. The van der Waals surface area contributed by atoms with Crippen LogP contribution >= 0.6 is 0 Å². The maximum Gasteiger partial charge on any atom is 0.338 e. The zero-order valence-electron chi connectivity index (χ0n) is 14.3. The Labute approximate surface area is 141 Å². The molecule has 0 saturated carbocycles. The highest BCUT2D eigenvalue weighted by Gasteiger charge is 2.31. The van der Waals surface area contributed by atoms with Gasteiger partial charge in [0.2, 0.25) is 0 Å². The maximum absolute atomic E-state index is 11.8. The molecule has 6 nitrogen and oxygen atoms in total. The van der Waals surface area contributed by atoms with Crippen molar-refractivity contribution in [3.05, 3.63) is 35.5 Å². The number of carbonyl (C=O) groups is 1. The molecule has 0 radical (unpaired) electrons. The van der Waals surface area contributed by atoms with Crippen LogP contribution in [-0.4, -0.2) is 48.2 Å². The van der Waals surface area contributed by atoms with Crippen molar-refractivity contribution in [3.63, 3.8) is 0 Å². The lowest BCUT2D eigenvalue weighted by Gasteiger charge is -2.34. The first-order valence-electron chi connectivity index (χ1n) is 8.34. The Morgan fingerprint density at radius 2 is 2.04 bits per heavy atom. The Balaban J connectivity index is 2.04. The van der Waals surface area contributed by atoms with E-state index < -0.39 is 12.3 Å². The molecule has 1 atom stereocenters. The fourth-order valence-electron chi connectivity index (χ4n) is 3.45. The molecule has 3 rings (SSSR count). The van der Waals surface area contributed by atoms with Gasteiger partial charge in [-0.15, -0.1) is 0 Å². The summed E-state index contributed by atoms with van der Waals surface area (Å²) in [5, 5.41) is 13.6. The molecule has 1 saturated heterocycles. The first-order chi connectivity index (χ1) is 11.6. The molecule has 1 unspecified atom stereocenters. The third-order valence-electron chi connectivity index (χ3n) is 4.69. The smallest absolute Gasteiger partial charge is 0.338 e. The van der Waals surface area contributed by atoms with Gasteiger partial charge in [-0.25, -0.2) is 4.79 Å². The summed E-state index contributed by atoms with van der Waals surface area (Å²) in [6.45, 7) is 5.15. The van der Waals surface area contributed by atoms with Gasteiger partial charge in [0.25, 0.3) is 0 Å². The van der Waals surface area contributed by atoms with Crippen LogP contribution in [0.5, 0.6) is 0 Å². The summed E-state index contributed by atoms with van der Waals surface area (Å²) in [6.07, 6.45) is 0.240. The predicted molar refractivity (Wildman–Crippen MR) is 91.5 cm³/mol. The van der Waals surface area contributed by atoms with E-state index in [1.54, 1.807) is 0 Å². The number of likely N-dealkylation sites (N-methyl/N-ethyl adjacent to an activating group) is 1. The standard InChI is InChI=1S/C18H24N2O4/c1-4-14-16(17(21)22)13-7-5-6-8-15(13)20(14)11(2)18-23-9-12(19-3)10-24-18/h5-8,11-12,18-19H,4,9-10H2,1-3H3,(H,21,22). The average molecular weight is 332 g/mol. The number of hydrogen-bond acceptors (Lipinski definition) is 4. The quantitative estimate of drug-likeness (QED) is 0.880. The van der Waals surface area contributed by atoms with E-state index >= 15 is 0 Å². The van der Waals surface area contributed by atoms with Crippen LogP contribution in [-0.2, 0) is 15.9 Å². The number of aromatic carboxylic acids is 1. The second kappa shape index (κ2) is 6.93. The third-order valence-corrected chi connectivity index (χ3v) is 4.69. The summed E-state index contributed by atoms with van der Waals surface area (Å²) in [5.41, 5.74) is 2.09. The molecule has 1 aromatic carbocycles. The van der Waals surface area contributed by atoms with Crippen molar-refractivity contribution in [1.29, 1.82) is 0 Å². The Bertz CT molecular complexity index is 732. The van der Waals surface area contributed by atoms with Crippen LogP contribution in [0.1, 0.15) is 35.9 Å². The summed E-state index contributed by atoms with van der Waals surface area (Å²) in [6, 6.07) is 7.69. The van der Waals surface area contributed by atoms with Gasteiger partial charge < -0.3 is 24.5 Å². The topological polar surface area (TPSA) is 72.7 Å². The van der Waals surface area contributed by atoms with E-state index in [0.29, 0.717) is 25.2 Å². The zero-order valence-corrected chi connectivity index (χ0v) is 14.3. The predicted octanol–water partition coefficient (Wildman–Crippen LogP) is 2.42. The van der Waals surface area contributed by atoms with Crippen LogP contribution in [0.4, 0.5) is 0 Å². The summed E-state index contributed by atoms with van der Waals surface area (Å²) in [7, 11) is 1.88. The molecule has 130 valence electrons. The van der Waals surface area contributed by atoms with E-state index in [2.05, 4.69) is 9.88 Å². The van der Waals surface area contributed by atoms with Gasteiger partial charge in [0.15, 0.2) is 6.29 Å². The number of para-hydroxylation sites is 1. The Hall–Kier alpha value is -1.89. The highest BCUT2D eigenvalue weighted by Crippen LogP contribution is 2.32. The second-order valence-corrected chi connectivity index (χ2v) is 6.13. The van der Waals surface area contributed by atoms with Crippen LogP contribution in [0.15, 0.2) is 24.3 Å². The SMILES string of the molecule is CCc1c(C(=O)O)c2ccccc2n1C(C)C1OCC(NC)CO1. The van der Waals surface area contributed by atoms with Crippen molar-refractivity contribution >= 4 is 16.9 Å². The lowest BCUT2D eigenvalue weighted by Crippen LogP contribution is -2.45. The van der Waals surface area contributed by atoms with Crippen molar-refractivity contribution in [2.45, 2.75) is 38.6 Å². The molecule has 0 aliphatic carbocycles. The number of aromatic nitrogens is 1. The third kappa shape index (κ3) is 2.81. The molecule has 0 spiro atoms. The molecule has 2 heterocycles. The lowest BCUT2D eigenvalue weighted by molar-refractivity contribution is -0.207. The number of nitrogens with one attached hydrogen (secondary N) is 1. The van der Waals surface area contributed by atoms with Crippen molar-refractivity contribution in [2.24, 2.45) is 0 Å². The Morgan fingerprint density at radius 3 is 2.62 bits per heavy atom. The van der Waals surface area contributed by atoms with Crippen molar-refractivity contribution < 1.29 is 19.4 Å². The fraction of sp³-hybridized carbons (Fsp3) is 0.500. The minimum absolute atomic E-state index is 0.115. The number of benzene rings is 1. The van der Waals surface area contributed by atoms with Crippen LogP contribution < -0.4 is 5.32 Å². The molecule has 24 heavy (non-hydrogen) atoms. The largest absolute Gasteiger partial charge is 0.478 e. The van der Waals surface area contributed by atoms with Crippen molar-refractivity contribution in [1.82, 2.24) is 9.88 Å². The van der Waals surface area contributed by atoms with E-state index in [1.807, 2.05) is 45.2 Å². The van der Waals surface area contributed by atoms with Crippen molar-refractivity contribution in [3.8, 4) is 0 Å². The Morgan fingerprint density at radius 1 is 1.38 bits per heavy atom. The number of hydrogen-bond donors (Lipinski definition) is 2. The number of carboxylic acids is 1. The fourth-order valence-corrected chi connectivity index (χ4v) is 3.45. The summed E-state index contributed by atoms with van der Waals surface area (Å²) >= 11 is 0. The molecule has 1 aromatic heterocycles. The molecule has 2 aromatic rings. The summed E-state index contributed by atoms with van der Waals surface area (Å²) < 4.78 is 13.8. The summed E-state index contributed by atoms with van der Waals surface area (Å²) in [4.78, 5) is 11.8. The van der Waals surface area contributed by atoms with Crippen LogP contribution in [0.2, 0.25) is 0 Å². The van der Waals surface area contributed by atoms with Gasteiger partial charge in [0.1, 0.15) is 0 Å². The second-order valence-electron chi connectivity index (χ2n) is 6.13. The molecular formula is C18H24N2O4. The molecule has 1 fully saturated rings. The molecule has 0 bridgehead atoms. The number of fused-ring (bicyclic) bond motifs is 1. The zero-order chi connectivity index (χ0) is 17.3. The first-order valence-corrected chi connectivity index (χ1v) is 8.34. The molecule has 6 heteroatoms. The average Bonchev–Trinajstić information content (AvgIpc) is 2.95. The van der Waals surface area contributed by atoms with Gasteiger partial charge >= 0.3 is 5.97 Å².